The zero-order valence-corrected chi connectivity index (χ0v) is 10.2. The van der Waals surface area contributed by atoms with Crippen molar-refractivity contribution in [2.75, 3.05) is 0 Å². The smallest absolute Gasteiger partial charge is 0.307 e. The monoisotopic (exact) mass is 243 g/mol. The van der Waals surface area contributed by atoms with Crippen LogP contribution in [0.2, 0.25) is 0 Å². The molecule has 3 atom stereocenters. The predicted molar refractivity (Wildman–Crippen MR) is 61.7 cm³/mol. The van der Waals surface area contributed by atoms with Gasteiger partial charge in [0.05, 0.1) is 6.54 Å². The number of hydrogen-bond donors (Lipinski definition) is 1. The van der Waals surface area contributed by atoms with Crippen molar-refractivity contribution in [2.45, 2.75) is 45.8 Å². The minimum Gasteiger partial charge on any atom is -0.307 e. The van der Waals surface area contributed by atoms with Crippen LogP contribution in [0.5, 0.6) is 0 Å². The van der Waals surface area contributed by atoms with Crippen LogP contribution in [-0.4, -0.2) is 15.6 Å². The second-order valence-electron chi connectivity index (χ2n) is 4.93. The van der Waals surface area contributed by atoms with Crippen LogP contribution < -0.4 is 5.32 Å². The summed E-state index contributed by atoms with van der Waals surface area (Å²) in [4.78, 5) is 3.96. The fraction of sp³-hybridized carbons (Fsp3) is 0.750. The zero-order valence-electron chi connectivity index (χ0n) is 10.2. The van der Waals surface area contributed by atoms with Crippen molar-refractivity contribution in [3.63, 3.8) is 0 Å². The molecule has 1 aromatic rings. The second-order valence-corrected chi connectivity index (χ2v) is 4.93. The quantitative estimate of drug-likeness (QED) is 0.881. The number of imidazole rings is 1. The molecule has 1 aliphatic carbocycles. The van der Waals surface area contributed by atoms with Crippen LogP contribution in [0.25, 0.3) is 0 Å². The van der Waals surface area contributed by atoms with E-state index in [-0.39, 0.29) is 0 Å². The van der Waals surface area contributed by atoms with E-state index in [4.69, 9.17) is 0 Å². The Kier molecular flexibility index (Phi) is 3.76. The third-order valence-corrected chi connectivity index (χ3v) is 3.95. The Morgan fingerprint density at radius 2 is 2.24 bits per heavy atom. The number of nitrogens with zero attached hydrogens (tertiary/aromatic N) is 2. The lowest BCUT2D eigenvalue weighted by Gasteiger charge is -2.19. The molecule has 1 heterocycles. The lowest BCUT2D eigenvalue weighted by Crippen LogP contribution is -2.32. The molecule has 3 unspecified atom stereocenters. The summed E-state index contributed by atoms with van der Waals surface area (Å²) >= 11 is 0. The topological polar surface area (TPSA) is 29.9 Å². The van der Waals surface area contributed by atoms with Gasteiger partial charge in [-0.3, -0.25) is 4.57 Å². The molecule has 1 fully saturated rings. The van der Waals surface area contributed by atoms with Crippen molar-refractivity contribution in [3.8, 4) is 0 Å². The highest BCUT2D eigenvalue weighted by molar-refractivity contribution is 4.94. The molecule has 1 aromatic heterocycles. The average Bonchev–Trinajstić information content (AvgIpc) is 2.86. The highest BCUT2D eigenvalue weighted by atomic mass is 19.3. The number of aromatic nitrogens is 2. The second kappa shape index (κ2) is 5.12. The maximum Gasteiger partial charge on any atom is 0.319 e. The van der Waals surface area contributed by atoms with E-state index in [9.17, 15) is 8.78 Å². The molecule has 0 aliphatic heterocycles. The van der Waals surface area contributed by atoms with Crippen LogP contribution in [0.3, 0.4) is 0 Å². The summed E-state index contributed by atoms with van der Waals surface area (Å²) in [5.74, 6) is 1.72. The minimum atomic E-state index is -2.51. The van der Waals surface area contributed by atoms with E-state index < -0.39 is 6.55 Å². The Balaban J connectivity index is 1.92. The van der Waals surface area contributed by atoms with E-state index in [1.165, 1.54) is 18.8 Å². The van der Waals surface area contributed by atoms with E-state index >= 15 is 0 Å². The number of rotatable bonds is 4. The van der Waals surface area contributed by atoms with Gasteiger partial charge in [-0.2, -0.15) is 8.78 Å². The van der Waals surface area contributed by atoms with E-state index in [0.717, 1.165) is 11.0 Å². The van der Waals surface area contributed by atoms with E-state index in [1.807, 2.05) is 0 Å². The van der Waals surface area contributed by atoms with Gasteiger partial charge in [-0.25, -0.2) is 4.98 Å². The normalized spacial score (nSPS) is 29.1. The molecular weight excluding hydrogens is 224 g/mol. The SMILES string of the molecule is CC1CCC(NCc2nccn2C(F)F)C1C. The van der Waals surface area contributed by atoms with Gasteiger partial charge >= 0.3 is 6.55 Å². The average molecular weight is 243 g/mol. The van der Waals surface area contributed by atoms with Crippen LogP contribution in [0.1, 0.15) is 39.1 Å². The number of nitrogens with one attached hydrogen (secondary N) is 1. The molecule has 96 valence electrons. The van der Waals surface area contributed by atoms with E-state index in [2.05, 4.69) is 24.1 Å². The van der Waals surface area contributed by atoms with Gasteiger partial charge in [-0.05, 0) is 24.7 Å². The van der Waals surface area contributed by atoms with Crippen molar-refractivity contribution in [1.82, 2.24) is 14.9 Å². The summed E-state index contributed by atoms with van der Waals surface area (Å²) in [5, 5.41) is 3.34. The Bertz CT molecular complexity index is 364. The molecule has 17 heavy (non-hydrogen) atoms. The molecule has 0 radical (unpaired) electrons. The first-order valence-electron chi connectivity index (χ1n) is 6.13. The first-order chi connectivity index (χ1) is 8.09. The van der Waals surface area contributed by atoms with Crippen molar-refractivity contribution < 1.29 is 8.78 Å². The Morgan fingerprint density at radius 1 is 1.47 bits per heavy atom. The van der Waals surface area contributed by atoms with Crippen LogP contribution in [-0.2, 0) is 6.54 Å². The molecule has 0 aromatic carbocycles. The first-order valence-corrected chi connectivity index (χ1v) is 6.13. The van der Waals surface area contributed by atoms with Gasteiger partial charge in [-0.1, -0.05) is 13.8 Å². The zero-order chi connectivity index (χ0) is 12.4. The van der Waals surface area contributed by atoms with Crippen molar-refractivity contribution in [1.29, 1.82) is 0 Å². The lowest BCUT2D eigenvalue weighted by molar-refractivity contribution is 0.0664. The molecule has 2 rings (SSSR count). The Morgan fingerprint density at radius 3 is 2.82 bits per heavy atom. The number of halogens is 2. The molecule has 3 nitrogen and oxygen atoms in total. The van der Waals surface area contributed by atoms with Crippen molar-refractivity contribution in [3.05, 3.63) is 18.2 Å². The summed E-state index contributed by atoms with van der Waals surface area (Å²) in [5.41, 5.74) is 0. The molecule has 0 bridgehead atoms. The van der Waals surface area contributed by atoms with Gasteiger partial charge in [0.1, 0.15) is 5.82 Å². The summed E-state index contributed by atoms with van der Waals surface area (Å²) in [6.45, 7) is 2.37. The molecule has 1 aliphatic rings. The standard InChI is InChI=1S/C12H19F2N3/c1-8-3-4-10(9(8)2)16-7-11-15-5-6-17(11)12(13)14/h5-6,8-10,12,16H,3-4,7H2,1-2H3. The molecular formula is C12H19F2N3. The molecule has 5 heteroatoms. The van der Waals surface area contributed by atoms with E-state index in [0.29, 0.717) is 30.2 Å². The summed E-state index contributed by atoms with van der Waals surface area (Å²) in [6, 6.07) is 0.424. The first kappa shape index (κ1) is 12.5. The Hall–Kier alpha value is -0.970. The molecule has 0 amide bonds. The summed E-state index contributed by atoms with van der Waals surface area (Å²) < 4.78 is 26.1. The lowest BCUT2D eigenvalue weighted by atomic mass is 9.98. The maximum absolute atomic E-state index is 12.6. The van der Waals surface area contributed by atoms with Crippen molar-refractivity contribution >= 4 is 0 Å². The fourth-order valence-electron chi connectivity index (χ4n) is 2.53. The Labute approximate surface area is 100 Å². The third-order valence-electron chi connectivity index (χ3n) is 3.95. The van der Waals surface area contributed by atoms with Gasteiger partial charge in [0, 0.05) is 18.4 Å². The van der Waals surface area contributed by atoms with Gasteiger partial charge < -0.3 is 5.32 Å². The summed E-state index contributed by atoms with van der Waals surface area (Å²) in [6.07, 6.45) is 5.08. The van der Waals surface area contributed by atoms with Crippen LogP contribution in [0.15, 0.2) is 12.4 Å². The van der Waals surface area contributed by atoms with Gasteiger partial charge in [0.15, 0.2) is 0 Å². The molecule has 1 N–H and O–H groups in total. The van der Waals surface area contributed by atoms with Gasteiger partial charge in [0.25, 0.3) is 0 Å². The minimum absolute atomic E-state index is 0.409. The van der Waals surface area contributed by atoms with Crippen molar-refractivity contribution in [2.24, 2.45) is 11.8 Å². The van der Waals surface area contributed by atoms with E-state index in [1.54, 1.807) is 0 Å². The third kappa shape index (κ3) is 2.65. The predicted octanol–water partition coefficient (Wildman–Crippen LogP) is 2.80. The fourth-order valence-corrected chi connectivity index (χ4v) is 2.53. The van der Waals surface area contributed by atoms with Gasteiger partial charge in [-0.15, -0.1) is 0 Å². The molecule has 0 spiro atoms. The maximum atomic E-state index is 12.6. The number of hydrogen-bond acceptors (Lipinski definition) is 2. The summed E-state index contributed by atoms with van der Waals surface area (Å²) in [7, 11) is 0. The highest BCUT2D eigenvalue weighted by Gasteiger charge is 2.29. The largest absolute Gasteiger partial charge is 0.319 e. The highest BCUT2D eigenvalue weighted by Crippen LogP contribution is 2.31. The van der Waals surface area contributed by atoms with Gasteiger partial charge in [0.2, 0.25) is 0 Å². The molecule has 1 saturated carbocycles. The number of alkyl halides is 2. The van der Waals surface area contributed by atoms with Crippen LogP contribution in [0, 0.1) is 11.8 Å². The molecule has 0 saturated heterocycles. The van der Waals surface area contributed by atoms with Crippen LogP contribution >= 0.6 is 0 Å². The van der Waals surface area contributed by atoms with Crippen LogP contribution in [0.4, 0.5) is 8.78 Å².